The highest BCUT2D eigenvalue weighted by Crippen LogP contribution is 2.30. The largest absolute Gasteiger partial charge is 0.299 e. The number of hydrogen-bond donors (Lipinski definition) is 0. The van der Waals surface area contributed by atoms with E-state index in [2.05, 4.69) is 42.5 Å². The first kappa shape index (κ1) is 9.82. The smallest absolute Gasteiger partial charge is 0.0704 e. The van der Waals surface area contributed by atoms with Crippen molar-refractivity contribution >= 4 is 10.8 Å². The molecule has 1 saturated heterocycles. The molecule has 0 radical (unpaired) electrons. The third-order valence-electron chi connectivity index (χ3n) is 3.28. The molecule has 1 aliphatic heterocycles. The van der Waals surface area contributed by atoms with Crippen LogP contribution in [0.25, 0.3) is 10.8 Å². The fraction of sp³-hybridized carbons (Fsp3) is 0.286. The zero-order chi connectivity index (χ0) is 11.0. The van der Waals surface area contributed by atoms with E-state index in [1.54, 1.807) is 0 Å². The zero-order valence-corrected chi connectivity index (χ0v) is 9.39. The molecule has 1 atom stereocenters. The van der Waals surface area contributed by atoms with Gasteiger partial charge in [0, 0.05) is 7.05 Å². The lowest BCUT2D eigenvalue weighted by Gasteiger charge is -2.18. The highest BCUT2D eigenvalue weighted by Gasteiger charge is 2.23. The van der Waals surface area contributed by atoms with Crippen LogP contribution in [0.15, 0.2) is 42.5 Å². The summed E-state index contributed by atoms with van der Waals surface area (Å²) < 4.78 is 0. The second-order valence-corrected chi connectivity index (χ2v) is 4.29. The highest BCUT2D eigenvalue weighted by molar-refractivity contribution is 5.83. The fourth-order valence-electron chi connectivity index (χ4n) is 2.37. The van der Waals surface area contributed by atoms with Crippen molar-refractivity contribution in [3.63, 3.8) is 0 Å². The van der Waals surface area contributed by atoms with E-state index in [9.17, 15) is 0 Å². The molecule has 1 aliphatic rings. The Balaban J connectivity index is 2.04. The number of hydroxylamine groups is 2. The molecule has 0 N–H and O–H groups in total. The number of nitrogens with zero attached hydrogens (tertiary/aromatic N) is 1. The summed E-state index contributed by atoms with van der Waals surface area (Å²) in [5.41, 5.74) is 1.35. The molecule has 0 amide bonds. The van der Waals surface area contributed by atoms with Crippen LogP contribution in [0.1, 0.15) is 18.0 Å². The summed E-state index contributed by atoms with van der Waals surface area (Å²) in [5, 5.41) is 4.57. The number of rotatable bonds is 1. The third-order valence-corrected chi connectivity index (χ3v) is 3.28. The van der Waals surface area contributed by atoms with Crippen LogP contribution in [0.5, 0.6) is 0 Å². The van der Waals surface area contributed by atoms with E-state index in [0.717, 1.165) is 13.0 Å². The predicted octanol–water partition coefficient (Wildman–Crippen LogP) is 3.15. The molecular formula is C14H15NO. The minimum atomic E-state index is 0.407. The summed E-state index contributed by atoms with van der Waals surface area (Å²) in [5.74, 6) is 0. The third kappa shape index (κ3) is 1.60. The summed E-state index contributed by atoms with van der Waals surface area (Å²) in [4.78, 5) is 5.47. The first-order valence-corrected chi connectivity index (χ1v) is 5.69. The Labute approximate surface area is 95.4 Å². The zero-order valence-electron chi connectivity index (χ0n) is 9.39. The van der Waals surface area contributed by atoms with E-state index in [4.69, 9.17) is 4.84 Å². The van der Waals surface area contributed by atoms with Gasteiger partial charge in [-0.3, -0.25) is 4.84 Å². The standard InChI is InChI=1S/C14H15NO/c1-15-14(8-9-16-15)13-7-6-11-4-2-3-5-12(11)10-13/h2-7,10,14H,8-9H2,1H3. The van der Waals surface area contributed by atoms with Crippen molar-refractivity contribution in [2.24, 2.45) is 0 Å². The molecule has 0 aliphatic carbocycles. The Morgan fingerprint density at radius 1 is 1.12 bits per heavy atom. The van der Waals surface area contributed by atoms with Gasteiger partial charge in [-0.05, 0) is 28.8 Å². The molecule has 0 spiro atoms. The predicted molar refractivity (Wildman–Crippen MR) is 65.0 cm³/mol. The van der Waals surface area contributed by atoms with Crippen molar-refractivity contribution in [3.8, 4) is 0 Å². The van der Waals surface area contributed by atoms with Crippen molar-refractivity contribution in [1.82, 2.24) is 5.06 Å². The molecule has 1 unspecified atom stereocenters. The average Bonchev–Trinajstić information content (AvgIpc) is 2.75. The van der Waals surface area contributed by atoms with Crippen molar-refractivity contribution in [2.45, 2.75) is 12.5 Å². The molecule has 0 aromatic heterocycles. The Morgan fingerprint density at radius 3 is 2.69 bits per heavy atom. The van der Waals surface area contributed by atoms with Gasteiger partial charge in [-0.1, -0.05) is 36.4 Å². The molecule has 2 aromatic rings. The van der Waals surface area contributed by atoms with Crippen LogP contribution in [0, 0.1) is 0 Å². The molecular weight excluding hydrogens is 198 g/mol. The van der Waals surface area contributed by atoms with E-state index >= 15 is 0 Å². The van der Waals surface area contributed by atoms with Crippen LogP contribution in [0.4, 0.5) is 0 Å². The van der Waals surface area contributed by atoms with Crippen LogP contribution in [0.3, 0.4) is 0 Å². The van der Waals surface area contributed by atoms with Gasteiger partial charge < -0.3 is 0 Å². The monoisotopic (exact) mass is 213 g/mol. The van der Waals surface area contributed by atoms with Gasteiger partial charge in [-0.25, -0.2) is 0 Å². The summed E-state index contributed by atoms with van der Waals surface area (Å²) in [6.07, 6.45) is 1.08. The van der Waals surface area contributed by atoms with Gasteiger partial charge in [0.1, 0.15) is 0 Å². The minimum absolute atomic E-state index is 0.407. The maximum absolute atomic E-state index is 5.47. The van der Waals surface area contributed by atoms with E-state index in [1.165, 1.54) is 16.3 Å². The van der Waals surface area contributed by atoms with Crippen LogP contribution >= 0.6 is 0 Å². The average molecular weight is 213 g/mol. The second-order valence-electron chi connectivity index (χ2n) is 4.29. The van der Waals surface area contributed by atoms with Gasteiger partial charge >= 0.3 is 0 Å². The molecule has 16 heavy (non-hydrogen) atoms. The van der Waals surface area contributed by atoms with Crippen molar-refractivity contribution in [2.75, 3.05) is 13.7 Å². The topological polar surface area (TPSA) is 12.5 Å². The summed E-state index contributed by atoms with van der Waals surface area (Å²) >= 11 is 0. The van der Waals surface area contributed by atoms with E-state index in [0.29, 0.717) is 6.04 Å². The summed E-state index contributed by atoms with van der Waals surface area (Å²) in [7, 11) is 2.01. The van der Waals surface area contributed by atoms with E-state index in [-0.39, 0.29) is 0 Å². The van der Waals surface area contributed by atoms with Crippen LogP contribution < -0.4 is 0 Å². The first-order chi connectivity index (χ1) is 7.84. The lowest BCUT2D eigenvalue weighted by molar-refractivity contribution is -0.110. The maximum Gasteiger partial charge on any atom is 0.0704 e. The molecule has 1 heterocycles. The lowest BCUT2D eigenvalue weighted by Crippen LogP contribution is -2.15. The highest BCUT2D eigenvalue weighted by atomic mass is 16.7. The number of benzene rings is 2. The Kier molecular flexibility index (Phi) is 2.39. The van der Waals surface area contributed by atoms with Gasteiger partial charge in [0.2, 0.25) is 0 Å². The molecule has 2 nitrogen and oxygen atoms in total. The molecule has 0 bridgehead atoms. The Morgan fingerprint density at radius 2 is 1.94 bits per heavy atom. The van der Waals surface area contributed by atoms with Gasteiger partial charge in [-0.15, -0.1) is 0 Å². The molecule has 2 aromatic carbocycles. The Bertz CT molecular complexity index is 509. The van der Waals surface area contributed by atoms with Crippen molar-refractivity contribution in [3.05, 3.63) is 48.0 Å². The van der Waals surface area contributed by atoms with Crippen LogP contribution in [-0.4, -0.2) is 18.7 Å². The van der Waals surface area contributed by atoms with Gasteiger partial charge in [0.15, 0.2) is 0 Å². The Hall–Kier alpha value is -1.38. The normalized spacial score (nSPS) is 21.7. The van der Waals surface area contributed by atoms with Crippen LogP contribution in [0.2, 0.25) is 0 Å². The van der Waals surface area contributed by atoms with Gasteiger partial charge in [0.25, 0.3) is 0 Å². The summed E-state index contributed by atoms with van der Waals surface area (Å²) in [6, 6.07) is 15.5. The lowest BCUT2D eigenvalue weighted by atomic mass is 10.0. The van der Waals surface area contributed by atoms with Crippen molar-refractivity contribution in [1.29, 1.82) is 0 Å². The maximum atomic E-state index is 5.47. The first-order valence-electron chi connectivity index (χ1n) is 5.69. The quantitative estimate of drug-likeness (QED) is 0.721. The number of fused-ring (bicyclic) bond motifs is 1. The molecule has 1 fully saturated rings. The van der Waals surface area contributed by atoms with E-state index < -0.39 is 0 Å². The SMILES string of the molecule is CN1OCCC1c1ccc2ccccc2c1. The summed E-state index contributed by atoms with van der Waals surface area (Å²) in [6.45, 7) is 0.827. The molecule has 3 rings (SSSR count). The molecule has 82 valence electrons. The van der Waals surface area contributed by atoms with Gasteiger partial charge in [-0.2, -0.15) is 5.06 Å². The molecule has 0 saturated carbocycles. The second kappa shape index (κ2) is 3.89. The minimum Gasteiger partial charge on any atom is -0.299 e. The van der Waals surface area contributed by atoms with Crippen molar-refractivity contribution < 1.29 is 4.84 Å². The number of hydrogen-bond acceptors (Lipinski definition) is 2. The molecule has 2 heteroatoms. The fourth-order valence-corrected chi connectivity index (χ4v) is 2.37. The van der Waals surface area contributed by atoms with Gasteiger partial charge in [0.05, 0.1) is 12.6 Å². The van der Waals surface area contributed by atoms with Crippen LogP contribution in [-0.2, 0) is 4.84 Å². The van der Waals surface area contributed by atoms with E-state index in [1.807, 2.05) is 12.1 Å².